The number of aromatic nitrogens is 2. The maximum atomic E-state index is 5.99. The first-order valence-corrected chi connectivity index (χ1v) is 7.41. The maximum Gasteiger partial charge on any atom is 0.231 e. The number of thioether (sulfide) groups is 1. The molecular weight excluding hydrogens is 246 g/mol. The molecule has 1 heterocycles. The molecule has 1 rings (SSSR count). The van der Waals surface area contributed by atoms with Crippen molar-refractivity contribution < 1.29 is 4.52 Å². The molecule has 4 nitrogen and oxygen atoms in total. The summed E-state index contributed by atoms with van der Waals surface area (Å²) in [5, 5.41) is 4.04. The Morgan fingerprint density at radius 3 is 2.33 bits per heavy atom. The summed E-state index contributed by atoms with van der Waals surface area (Å²) in [7, 11) is 0. The van der Waals surface area contributed by atoms with Gasteiger partial charge in [0.05, 0.1) is 11.7 Å². The predicted molar refractivity (Wildman–Crippen MR) is 76.6 cm³/mol. The highest BCUT2D eigenvalue weighted by Crippen LogP contribution is 2.29. The molecule has 0 aliphatic carbocycles. The number of hydrogen-bond acceptors (Lipinski definition) is 5. The highest BCUT2D eigenvalue weighted by molar-refractivity contribution is 7.99. The normalized spacial score (nSPS) is 16.0. The fraction of sp³-hybridized carbons (Fsp3) is 0.846. The second kappa shape index (κ2) is 6.06. The first-order valence-electron chi connectivity index (χ1n) is 6.42. The standard InChI is InChI=1S/C13H25N3OS/c1-8(2)11(9(3)14)12-15-10(16-17-12)7-18-13(4,5)6/h8-9,11H,7,14H2,1-6H3. The van der Waals surface area contributed by atoms with Gasteiger partial charge in [-0.1, -0.05) is 39.8 Å². The minimum Gasteiger partial charge on any atom is -0.339 e. The predicted octanol–water partition coefficient (Wildman–Crippen LogP) is 3.19. The minimum absolute atomic E-state index is 0.0218. The molecule has 0 fully saturated rings. The Hall–Kier alpha value is -0.550. The van der Waals surface area contributed by atoms with Gasteiger partial charge in [-0.2, -0.15) is 4.98 Å². The zero-order valence-electron chi connectivity index (χ0n) is 12.2. The molecule has 0 bridgehead atoms. The summed E-state index contributed by atoms with van der Waals surface area (Å²) in [6.45, 7) is 12.8. The van der Waals surface area contributed by atoms with Crippen molar-refractivity contribution in [3.05, 3.63) is 11.7 Å². The average Bonchev–Trinajstić information content (AvgIpc) is 2.61. The van der Waals surface area contributed by atoms with E-state index in [9.17, 15) is 0 Å². The van der Waals surface area contributed by atoms with Crippen molar-refractivity contribution in [1.82, 2.24) is 10.1 Å². The van der Waals surface area contributed by atoms with E-state index in [2.05, 4.69) is 44.8 Å². The van der Waals surface area contributed by atoms with E-state index < -0.39 is 0 Å². The van der Waals surface area contributed by atoms with Gasteiger partial charge in [0.1, 0.15) is 0 Å². The largest absolute Gasteiger partial charge is 0.339 e. The van der Waals surface area contributed by atoms with Gasteiger partial charge in [-0.05, 0) is 12.8 Å². The summed E-state index contributed by atoms with van der Waals surface area (Å²) in [5.41, 5.74) is 5.99. The van der Waals surface area contributed by atoms with E-state index in [4.69, 9.17) is 10.3 Å². The molecule has 1 aromatic rings. The Kier molecular flexibility index (Phi) is 5.22. The van der Waals surface area contributed by atoms with Gasteiger partial charge in [-0.15, -0.1) is 11.8 Å². The molecule has 5 heteroatoms. The van der Waals surface area contributed by atoms with Crippen LogP contribution >= 0.6 is 11.8 Å². The van der Waals surface area contributed by atoms with Crippen LogP contribution in [-0.4, -0.2) is 20.9 Å². The van der Waals surface area contributed by atoms with Crippen molar-refractivity contribution in [1.29, 1.82) is 0 Å². The smallest absolute Gasteiger partial charge is 0.231 e. The fourth-order valence-corrected chi connectivity index (χ4v) is 2.54. The van der Waals surface area contributed by atoms with Crippen LogP contribution in [-0.2, 0) is 5.75 Å². The third kappa shape index (κ3) is 4.61. The molecule has 2 N–H and O–H groups in total. The minimum atomic E-state index is 0.0218. The molecular formula is C13H25N3OS. The monoisotopic (exact) mass is 271 g/mol. The topological polar surface area (TPSA) is 64.9 Å². The first kappa shape index (κ1) is 15.5. The SMILES string of the molecule is CC(C)C(c1nc(CSC(C)(C)C)no1)C(C)N. The molecule has 18 heavy (non-hydrogen) atoms. The molecule has 0 aliphatic rings. The lowest BCUT2D eigenvalue weighted by Crippen LogP contribution is -2.28. The summed E-state index contributed by atoms with van der Waals surface area (Å²) in [6.07, 6.45) is 0. The van der Waals surface area contributed by atoms with Crippen molar-refractivity contribution >= 4 is 11.8 Å². The van der Waals surface area contributed by atoms with Crippen LogP contribution in [0.3, 0.4) is 0 Å². The molecule has 0 saturated heterocycles. The van der Waals surface area contributed by atoms with Crippen LogP contribution in [0.25, 0.3) is 0 Å². The van der Waals surface area contributed by atoms with E-state index >= 15 is 0 Å². The van der Waals surface area contributed by atoms with Gasteiger partial charge in [0.15, 0.2) is 5.82 Å². The quantitative estimate of drug-likeness (QED) is 0.891. The van der Waals surface area contributed by atoms with Gasteiger partial charge in [0.25, 0.3) is 0 Å². The third-order valence-electron chi connectivity index (χ3n) is 2.69. The molecule has 2 atom stereocenters. The van der Waals surface area contributed by atoms with E-state index in [1.54, 1.807) is 0 Å². The van der Waals surface area contributed by atoms with E-state index in [0.717, 1.165) is 11.6 Å². The van der Waals surface area contributed by atoms with Crippen LogP contribution < -0.4 is 5.73 Å². The lowest BCUT2D eigenvalue weighted by atomic mass is 9.90. The van der Waals surface area contributed by atoms with Crippen LogP contribution in [0.2, 0.25) is 0 Å². The summed E-state index contributed by atoms with van der Waals surface area (Å²) in [6, 6.07) is 0.0218. The van der Waals surface area contributed by atoms with Gasteiger partial charge in [-0.25, -0.2) is 0 Å². The molecule has 0 spiro atoms. The molecule has 0 radical (unpaired) electrons. The first-order chi connectivity index (χ1) is 8.20. The zero-order valence-corrected chi connectivity index (χ0v) is 13.0. The third-order valence-corrected chi connectivity index (χ3v) is 3.96. The Balaban J connectivity index is 2.73. The van der Waals surface area contributed by atoms with Crippen LogP contribution in [0.4, 0.5) is 0 Å². The molecule has 0 aromatic carbocycles. The highest BCUT2D eigenvalue weighted by atomic mass is 32.2. The van der Waals surface area contributed by atoms with Crippen LogP contribution in [0, 0.1) is 5.92 Å². The Morgan fingerprint density at radius 1 is 1.28 bits per heavy atom. The summed E-state index contributed by atoms with van der Waals surface area (Å²) >= 11 is 1.81. The number of hydrogen-bond donors (Lipinski definition) is 1. The van der Waals surface area contributed by atoms with E-state index in [0.29, 0.717) is 11.8 Å². The van der Waals surface area contributed by atoms with Gasteiger partial charge in [0.2, 0.25) is 5.89 Å². The maximum absolute atomic E-state index is 5.99. The van der Waals surface area contributed by atoms with Crippen molar-refractivity contribution in [3.63, 3.8) is 0 Å². The lowest BCUT2D eigenvalue weighted by molar-refractivity contribution is 0.299. The molecule has 1 aromatic heterocycles. The van der Waals surface area contributed by atoms with Crippen molar-refractivity contribution in [2.45, 2.75) is 64.0 Å². The summed E-state index contributed by atoms with van der Waals surface area (Å²) in [4.78, 5) is 4.48. The van der Waals surface area contributed by atoms with Crippen molar-refractivity contribution in [3.8, 4) is 0 Å². The zero-order chi connectivity index (χ0) is 13.9. The van der Waals surface area contributed by atoms with Crippen molar-refractivity contribution in [2.24, 2.45) is 11.7 Å². The van der Waals surface area contributed by atoms with Crippen LogP contribution in [0.1, 0.15) is 59.2 Å². The van der Waals surface area contributed by atoms with Crippen LogP contribution in [0.5, 0.6) is 0 Å². The summed E-state index contributed by atoms with van der Waals surface area (Å²) < 4.78 is 5.57. The highest BCUT2D eigenvalue weighted by Gasteiger charge is 2.26. The number of nitrogens with zero attached hydrogens (tertiary/aromatic N) is 2. The Labute approximate surface area is 114 Å². The molecule has 0 amide bonds. The van der Waals surface area contributed by atoms with Crippen molar-refractivity contribution in [2.75, 3.05) is 0 Å². The Bertz CT molecular complexity index is 361. The second-order valence-corrected chi connectivity index (χ2v) is 7.88. The molecule has 104 valence electrons. The van der Waals surface area contributed by atoms with Gasteiger partial charge >= 0.3 is 0 Å². The van der Waals surface area contributed by atoms with Gasteiger partial charge in [-0.3, -0.25) is 0 Å². The van der Waals surface area contributed by atoms with Crippen LogP contribution in [0.15, 0.2) is 4.52 Å². The van der Waals surface area contributed by atoms with Gasteiger partial charge in [0, 0.05) is 10.8 Å². The summed E-state index contributed by atoms with van der Waals surface area (Å²) in [5.74, 6) is 2.73. The van der Waals surface area contributed by atoms with E-state index in [1.807, 2.05) is 18.7 Å². The number of nitrogens with two attached hydrogens (primary N) is 1. The van der Waals surface area contributed by atoms with E-state index in [-0.39, 0.29) is 16.7 Å². The average molecular weight is 271 g/mol. The van der Waals surface area contributed by atoms with Gasteiger partial charge < -0.3 is 10.3 Å². The molecule has 0 aliphatic heterocycles. The van der Waals surface area contributed by atoms with E-state index in [1.165, 1.54) is 0 Å². The Morgan fingerprint density at radius 2 is 1.89 bits per heavy atom. The fourth-order valence-electron chi connectivity index (χ4n) is 1.86. The second-order valence-electron chi connectivity index (χ2n) is 6.08. The molecule has 0 saturated carbocycles. The molecule has 2 unspecified atom stereocenters. The lowest BCUT2D eigenvalue weighted by Gasteiger charge is -2.20. The number of rotatable bonds is 5.